The number of hydrogen-bond donors (Lipinski definition) is 1. The summed E-state index contributed by atoms with van der Waals surface area (Å²) in [6, 6.07) is 3.75. The number of aromatic amines is 1. The van der Waals surface area contributed by atoms with E-state index in [2.05, 4.69) is 4.98 Å². The van der Waals surface area contributed by atoms with E-state index in [1.165, 1.54) is 0 Å². The van der Waals surface area contributed by atoms with Crippen LogP contribution in [0.4, 0.5) is 0 Å². The highest BCUT2D eigenvalue weighted by Gasteiger charge is 2.27. The molecule has 3 rings (SSSR count). The fraction of sp³-hybridized carbons (Fsp3) is 0.412. The number of carbonyl (C=O) groups is 2. The van der Waals surface area contributed by atoms with Crippen LogP contribution in [0, 0.1) is 13.8 Å². The summed E-state index contributed by atoms with van der Waals surface area (Å²) >= 11 is 0. The van der Waals surface area contributed by atoms with Gasteiger partial charge in [0.15, 0.2) is 5.78 Å². The summed E-state index contributed by atoms with van der Waals surface area (Å²) in [7, 11) is 1.74. The van der Waals surface area contributed by atoms with E-state index in [0.29, 0.717) is 18.7 Å². The third kappa shape index (κ3) is 2.47. The van der Waals surface area contributed by atoms with E-state index in [1.54, 1.807) is 11.9 Å². The van der Waals surface area contributed by atoms with Gasteiger partial charge in [-0.05, 0) is 44.4 Å². The van der Waals surface area contributed by atoms with Crippen LogP contribution < -0.4 is 0 Å². The molecule has 0 spiro atoms. The normalized spacial score (nSPS) is 14.0. The molecule has 0 aliphatic heterocycles. The molecule has 2 aromatic heterocycles. The van der Waals surface area contributed by atoms with Gasteiger partial charge in [-0.15, -0.1) is 0 Å². The molecular formula is C17H20N2O3. The number of hydrogen-bond acceptors (Lipinski definition) is 3. The Morgan fingerprint density at radius 2 is 2.09 bits per heavy atom. The third-order valence-corrected chi connectivity index (χ3v) is 4.19. The monoisotopic (exact) mass is 300 g/mol. The second-order valence-corrected chi connectivity index (χ2v) is 5.93. The van der Waals surface area contributed by atoms with Crippen LogP contribution in [0.5, 0.6) is 0 Å². The van der Waals surface area contributed by atoms with Gasteiger partial charge in [-0.1, -0.05) is 0 Å². The van der Waals surface area contributed by atoms with Gasteiger partial charge in [-0.25, -0.2) is 0 Å². The van der Waals surface area contributed by atoms with Crippen molar-refractivity contribution < 1.29 is 14.0 Å². The van der Waals surface area contributed by atoms with Crippen molar-refractivity contribution in [1.82, 2.24) is 9.88 Å². The highest BCUT2D eigenvalue weighted by molar-refractivity contribution is 6.04. The molecule has 0 atom stereocenters. The maximum atomic E-state index is 12.6. The van der Waals surface area contributed by atoms with Gasteiger partial charge < -0.3 is 14.3 Å². The second kappa shape index (κ2) is 5.48. The number of ketones is 1. The number of Topliss-reactive ketones (excluding diaryl/α,β-unsaturated/α-hetero) is 1. The highest BCUT2D eigenvalue weighted by Crippen LogP contribution is 2.27. The number of rotatable bonds is 3. The lowest BCUT2D eigenvalue weighted by Crippen LogP contribution is -2.27. The number of carbonyl (C=O) groups excluding carboxylic acids is 2. The Hall–Kier alpha value is -2.30. The molecule has 0 unspecified atom stereocenters. The molecule has 116 valence electrons. The molecule has 0 aromatic carbocycles. The number of nitrogens with zero attached hydrogens (tertiary/aromatic N) is 1. The van der Waals surface area contributed by atoms with Crippen LogP contribution in [-0.2, 0) is 13.0 Å². The van der Waals surface area contributed by atoms with Crippen molar-refractivity contribution >= 4 is 11.7 Å². The average Bonchev–Trinajstić information content (AvgIpc) is 3.03. The van der Waals surface area contributed by atoms with Crippen molar-refractivity contribution in [2.75, 3.05) is 7.05 Å². The minimum Gasteiger partial charge on any atom is -0.464 e. The Labute approximate surface area is 129 Å². The Morgan fingerprint density at radius 3 is 2.73 bits per heavy atom. The zero-order chi connectivity index (χ0) is 15.9. The Balaban J connectivity index is 1.84. The zero-order valence-electron chi connectivity index (χ0n) is 13.2. The summed E-state index contributed by atoms with van der Waals surface area (Å²) in [5.41, 5.74) is 2.91. The van der Waals surface area contributed by atoms with E-state index in [9.17, 15) is 9.59 Å². The first-order chi connectivity index (χ1) is 10.5. The van der Waals surface area contributed by atoms with Gasteiger partial charge >= 0.3 is 0 Å². The molecule has 0 fully saturated rings. The van der Waals surface area contributed by atoms with E-state index >= 15 is 0 Å². The van der Waals surface area contributed by atoms with Crippen molar-refractivity contribution in [3.05, 3.63) is 46.2 Å². The third-order valence-electron chi connectivity index (χ3n) is 4.19. The molecular weight excluding hydrogens is 280 g/mol. The van der Waals surface area contributed by atoms with Crippen molar-refractivity contribution in [2.45, 2.75) is 39.7 Å². The maximum absolute atomic E-state index is 12.6. The molecule has 1 aliphatic carbocycles. The van der Waals surface area contributed by atoms with Gasteiger partial charge in [0.25, 0.3) is 5.91 Å². The van der Waals surface area contributed by atoms with Crippen molar-refractivity contribution in [3.63, 3.8) is 0 Å². The molecule has 5 nitrogen and oxygen atoms in total. The number of furan rings is 1. The summed E-state index contributed by atoms with van der Waals surface area (Å²) in [6.07, 6.45) is 2.25. The van der Waals surface area contributed by atoms with Crippen LogP contribution in [0.15, 0.2) is 16.5 Å². The quantitative estimate of drug-likeness (QED) is 0.947. The number of amides is 1. The number of fused-ring (bicyclic) bond motifs is 1. The lowest BCUT2D eigenvalue weighted by molar-refractivity contribution is 0.0769. The smallest absolute Gasteiger partial charge is 0.270 e. The van der Waals surface area contributed by atoms with Gasteiger partial charge in [0, 0.05) is 24.7 Å². The lowest BCUT2D eigenvalue weighted by atomic mass is 9.94. The van der Waals surface area contributed by atoms with E-state index in [1.807, 2.05) is 26.0 Å². The van der Waals surface area contributed by atoms with Crippen LogP contribution in [0.2, 0.25) is 0 Å². The molecule has 0 saturated carbocycles. The van der Waals surface area contributed by atoms with Crippen LogP contribution in [0.1, 0.15) is 56.5 Å². The van der Waals surface area contributed by atoms with Gasteiger partial charge in [0.1, 0.15) is 17.2 Å². The molecule has 5 heteroatoms. The van der Waals surface area contributed by atoms with Crippen molar-refractivity contribution in [1.29, 1.82) is 0 Å². The summed E-state index contributed by atoms with van der Waals surface area (Å²) in [6.45, 7) is 4.13. The Kier molecular flexibility index (Phi) is 3.64. The second-order valence-electron chi connectivity index (χ2n) is 5.93. The van der Waals surface area contributed by atoms with E-state index < -0.39 is 0 Å². The maximum Gasteiger partial charge on any atom is 0.270 e. The number of nitrogens with one attached hydrogen (secondary N) is 1. The fourth-order valence-corrected chi connectivity index (χ4v) is 3.05. The number of H-pyrrole nitrogens is 1. The SMILES string of the molecule is Cc1ccc(CN(C)C(=O)c2[nH]c3c(c2C)C(=O)CCC3)o1. The molecule has 1 aliphatic rings. The van der Waals surface area contributed by atoms with Crippen LogP contribution in [0.25, 0.3) is 0 Å². The first kappa shape index (κ1) is 14.6. The van der Waals surface area contributed by atoms with Crippen molar-refractivity contribution in [2.24, 2.45) is 0 Å². The first-order valence-electron chi connectivity index (χ1n) is 7.52. The molecule has 0 bridgehead atoms. The zero-order valence-corrected chi connectivity index (χ0v) is 13.2. The minimum absolute atomic E-state index is 0.117. The molecule has 22 heavy (non-hydrogen) atoms. The van der Waals surface area contributed by atoms with Gasteiger partial charge in [0.2, 0.25) is 0 Å². The van der Waals surface area contributed by atoms with E-state index in [4.69, 9.17) is 4.42 Å². The summed E-state index contributed by atoms with van der Waals surface area (Å²) in [5.74, 6) is 1.60. The van der Waals surface area contributed by atoms with Crippen LogP contribution in [0.3, 0.4) is 0 Å². The predicted octanol–water partition coefficient (Wildman–Crippen LogP) is 3.02. The Morgan fingerprint density at radius 1 is 1.32 bits per heavy atom. The van der Waals surface area contributed by atoms with Crippen LogP contribution >= 0.6 is 0 Å². The molecule has 1 amide bonds. The Bertz CT molecular complexity index is 739. The first-order valence-corrected chi connectivity index (χ1v) is 7.52. The van der Waals surface area contributed by atoms with E-state index in [-0.39, 0.29) is 11.7 Å². The minimum atomic E-state index is -0.117. The predicted molar refractivity (Wildman–Crippen MR) is 82.0 cm³/mol. The molecule has 1 N–H and O–H groups in total. The molecule has 0 radical (unpaired) electrons. The molecule has 0 saturated heterocycles. The largest absolute Gasteiger partial charge is 0.464 e. The van der Waals surface area contributed by atoms with Crippen LogP contribution in [-0.4, -0.2) is 28.6 Å². The van der Waals surface area contributed by atoms with Gasteiger partial charge in [-0.2, -0.15) is 0 Å². The molecule has 2 heterocycles. The summed E-state index contributed by atoms with van der Waals surface area (Å²) in [4.78, 5) is 29.5. The van der Waals surface area contributed by atoms with E-state index in [0.717, 1.165) is 41.2 Å². The number of aromatic nitrogens is 1. The highest BCUT2D eigenvalue weighted by atomic mass is 16.3. The molecule has 2 aromatic rings. The van der Waals surface area contributed by atoms with Gasteiger partial charge in [0.05, 0.1) is 6.54 Å². The van der Waals surface area contributed by atoms with Crippen molar-refractivity contribution in [3.8, 4) is 0 Å². The van der Waals surface area contributed by atoms with Gasteiger partial charge in [-0.3, -0.25) is 9.59 Å². The lowest BCUT2D eigenvalue weighted by Gasteiger charge is -2.15. The average molecular weight is 300 g/mol. The summed E-state index contributed by atoms with van der Waals surface area (Å²) < 4.78 is 5.51. The summed E-state index contributed by atoms with van der Waals surface area (Å²) in [5, 5.41) is 0. The topological polar surface area (TPSA) is 66.3 Å². The fourth-order valence-electron chi connectivity index (χ4n) is 3.05. The number of aryl methyl sites for hydroxylation is 2. The standard InChI is InChI=1S/C17H20N2O3/c1-10-7-8-12(22-10)9-19(3)17(21)16-11(2)15-13(18-16)5-4-6-14(15)20/h7-8,18H,4-6,9H2,1-3H3.